The van der Waals surface area contributed by atoms with Gasteiger partial charge in [-0.15, -0.1) is 0 Å². The van der Waals surface area contributed by atoms with Gasteiger partial charge in [0.1, 0.15) is 0 Å². The maximum Gasteiger partial charge on any atom is 0.216 e. The summed E-state index contributed by atoms with van der Waals surface area (Å²) in [4.78, 5) is 0. The molecule has 21 heavy (non-hydrogen) atoms. The summed E-state index contributed by atoms with van der Waals surface area (Å²) >= 11 is 0. The molecular formula is C16H28N2O2S. The summed E-state index contributed by atoms with van der Waals surface area (Å²) in [6.07, 6.45) is 0. The van der Waals surface area contributed by atoms with E-state index in [1.165, 1.54) is 0 Å². The van der Waals surface area contributed by atoms with Crippen LogP contribution >= 0.6 is 0 Å². The van der Waals surface area contributed by atoms with E-state index in [1.54, 1.807) is 0 Å². The van der Waals surface area contributed by atoms with Gasteiger partial charge in [0.15, 0.2) is 0 Å². The van der Waals surface area contributed by atoms with E-state index in [1.807, 2.05) is 58.9 Å². The van der Waals surface area contributed by atoms with E-state index in [-0.39, 0.29) is 17.2 Å². The number of benzene rings is 1. The van der Waals surface area contributed by atoms with Crippen LogP contribution in [0.3, 0.4) is 0 Å². The largest absolute Gasteiger partial charge is 0.313 e. The highest BCUT2D eigenvalue weighted by Crippen LogP contribution is 2.20. The Morgan fingerprint density at radius 2 is 1.81 bits per heavy atom. The molecule has 0 aliphatic heterocycles. The Labute approximate surface area is 129 Å². The molecule has 0 heterocycles. The molecule has 0 radical (unpaired) electrons. The van der Waals surface area contributed by atoms with E-state index in [0.717, 1.165) is 24.2 Å². The molecule has 0 fully saturated rings. The van der Waals surface area contributed by atoms with E-state index in [2.05, 4.69) is 10.0 Å². The monoisotopic (exact) mass is 312 g/mol. The van der Waals surface area contributed by atoms with E-state index in [0.29, 0.717) is 0 Å². The molecule has 0 saturated carbocycles. The van der Waals surface area contributed by atoms with Crippen molar-refractivity contribution in [2.24, 2.45) is 5.41 Å². The van der Waals surface area contributed by atoms with Gasteiger partial charge in [0, 0.05) is 12.6 Å². The van der Waals surface area contributed by atoms with Crippen molar-refractivity contribution < 1.29 is 8.42 Å². The standard InChI is InChI=1S/C16H28N2O2S/c1-6-17-11-14-8-7-9-15(10-14)12-21(19,20)18-13(2)16(3,4)5/h7-10,13,17-18H,6,11-12H2,1-5H3. The van der Waals surface area contributed by atoms with Crippen LogP contribution in [-0.4, -0.2) is 21.0 Å². The zero-order valence-electron chi connectivity index (χ0n) is 13.7. The fourth-order valence-corrected chi connectivity index (χ4v) is 3.40. The Hall–Kier alpha value is -0.910. The SMILES string of the molecule is CCNCc1cccc(CS(=O)(=O)NC(C)C(C)(C)C)c1. The van der Waals surface area contributed by atoms with E-state index < -0.39 is 10.0 Å². The van der Waals surface area contributed by atoms with Crippen molar-refractivity contribution in [1.29, 1.82) is 0 Å². The number of hydrogen-bond donors (Lipinski definition) is 2. The van der Waals surface area contributed by atoms with Gasteiger partial charge < -0.3 is 5.32 Å². The van der Waals surface area contributed by atoms with Crippen LogP contribution < -0.4 is 10.0 Å². The highest BCUT2D eigenvalue weighted by Gasteiger charge is 2.24. The lowest BCUT2D eigenvalue weighted by Crippen LogP contribution is -2.41. The second-order valence-electron chi connectivity index (χ2n) is 6.56. The lowest BCUT2D eigenvalue weighted by Gasteiger charge is -2.27. The van der Waals surface area contributed by atoms with Crippen molar-refractivity contribution in [3.8, 4) is 0 Å². The van der Waals surface area contributed by atoms with Gasteiger partial charge in [0.05, 0.1) is 5.75 Å². The average molecular weight is 312 g/mol. The first kappa shape index (κ1) is 18.1. The van der Waals surface area contributed by atoms with Crippen molar-refractivity contribution in [2.45, 2.75) is 53.0 Å². The van der Waals surface area contributed by atoms with Crippen molar-refractivity contribution >= 4 is 10.0 Å². The molecule has 0 bridgehead atoms. The van der Waals surface area contributed by atoms with Gasteiger partial charge in [-0.25, -0.2) is 13.1 Å². The molecule has 0 aliphatic rings. The maximum atomic E-state index is 12.3. The molecule has 0 amide bonds. The molecule has 0 saturated heterocycles. The molecule has 4 nitrogen and oxygen atoms in total. The summed E-state index contributed by atoms with van der Waals surface area (Å²) in [5.41, 5.74) is 1.83. The van der Waals surface area contributed by atoms with E-state index in [9.17, 15) is 8.42 Å². The summed E-state index contributed by atoms with van der Waals surface area (Å²) in [6.45, 7) is 11.7. The molecule has 1 aromatic carbocycles. The predicted molar refractivity (Wildman–Crippen MR) is 88.5 cm³/mol. The minimum Gasteiger partial charge on any atom is -0.313 e. The fourth-order valence-electron chi connectivity index (χ4n) is 1.81. The summed E-state index contributed by atoms with van der Waals surface area (Å²) < 4.78 is 27.3. The fraction of sp³-hybridized carbons (Fsp3) is 0.625. The van der Waals surface area contributed by atoms with Crippen LogP contribution in [0, 0.1) is 5.41 Å². The Kier molecular flexibility index (Phi) is 6.38. The van der Waals surface area contributed by atoms with Crippen molar-refractivity contribution in [1.82, 2.24) is 10.0 Å². The van der Waals surface area contributed by atoms with Gasteiger partial charge >= 0.3 is 0 Å². The molecule has 0 aromatic heterocycles. The Bertz CT molecular complexity index is 548. The Balaban J connectivity index is 2.75. The minimum absolute atomic E-state index is 0.0212. The third-order valence-electron chi connectivity index (χ3n) is 3.58. The summed E-state index contributed by atoms with van der Waals surface area (Å²) in [5, 5.41) is 3.24. The molecule has 1 rings (SSSR count). The third kappa shape index (κ3) is 6.59. The lowest BCUT2D eigenvalue weighted by atomic mass is 9.89. The zero-order valence-corrected chi connectivity index (χ0v) is 14.5. The highest BCUT2D eigenvalue weighted by atomic mass is 32.2. The zero-order chi connectivity index (χ0) is 16.1. The molecule has 0 aliphatic carbocycles. The van der Waals surface area contributed by atoms with Crippen LogP contribution in [0.15, 0.2) is 24.3 Å². The first-order valence-electron chi connectivity index (χ1n) is 7.42. The third-order valence-corrected chi connectivity index (χ3v) is 5.01. The van der Waals surface area contributed by atoms with Gasteiger partial charge in [-0.2, -0.15) is 0 Å². The number of rotatable bonds is 7. The molecule has 1 unspecified atom stereocenters. The van der Waals surface area contributed by atoms with Gasteiger partial charge in [-0.1, -0.05) is 52.0 Å². The first-order chi connectivity index (χ1) is 9.64. The van der Waals surface area contributed by atoms with Crippen LogP contribution in [0.5, 0.6) is 0 Å². The van der Waals surface area contributed by atoms with Crippen molar-refractivity contribution in [3.63, 3.8) is 0 Å². The second kappa shape index (κ2) is 7.38. The van der Waals surface area contributed by atoms with Crippen LogP contribution in [0.2, 0.25) is 0 Å². The normalized spacial score (nSPS) is 14.1. The summed E-state index contributed by atoms with van der Waals surface area (Å²) in [5.74, 6) is 0.0212. The van der Waals surface area contributed by atoms with Gasteiger partial charge in [0.25, 0.3) is 0 Å². The number of hydrogen-bond acceptors (Lipinski definition) is 3. The Morgan fingerprint density at radius 1 is 1.19 bits per heavy atom. The van der Waals surface area contributed by atoms with Crippen LogP contribution in [0.1, 0.15) is 45.7 Å². The van der Waals surface area contributed by atoms with Crippen LogP contribution in [0.4, 0.5) is 0 Å². The van der Waals surface area contributed by atoms with Crippen LogP contribution in [0.25, 0.3) is 0 Å². The van der Waals surface area contributed by atoms with Crippen molar-refractivity contribution in [2.75, 3.05) is 6.54 Å². The maximum absolute atomic E-state index is 12.3. The summed E-state index contributed by atoms with van der Waals surface area (Å²) in [6, 6.07) is 7.61. The lowest BCUT2D eigenvalue weighted by molar-refractivity contribution is 0.317. The number of sulfonamides is 1. The molecule has 1 atom stereocenters. The first-order valence-corrected chi connectivity index (χ1v) is 9.08. The molecule has 120 valence electrons. The quantitative estimate of drug-likeness (QED) is 0.814. The molecular weight excluding hydrogens is 284 g/mol. The predicted octanol–water partition coefficient (Wildman–Crippen LogP) is 2.65. The second-order valence-corrected chi connectivity index (χ2v) is 8.32. The van der Waals surface area contributed by atoms with Crippen molar-refractivity contribution in [3.05, 3.63) is 35.4 Å². The average Bonchev–Trinajstić information content (AvgIpc) is 2.34. The van der Waals surface area contributed by atoms with Gasteiger partial charge in [-0.05, 0) is 30.0 Å². The van der Waals surface area contributed by atoms with E-state index >= 15 is 0 Å². The minimum atomic E-state index is -3.32. The van der Waals surface area contributed by atoms with Crippen LogP contribution in [-0.2, 0) is 22.3 Å². The Morgan fingerprint density at radius 3 is 2.38 bits per heavy atom. The molecule has 1 aromatic rings. The number of nitrogens with one attached hydrogen (secondary N) is 2. The molecule has 5 heteroatoms. The van der Waals surface area contributed by atoms with Gasteiger partial charge in [-0.3, -0.25) is 0 Å². The molecule has 2 N–H and O–H groups in total. The highest BCUT2D eigenvalue weighted by molar-refractivity contribution is 7.88. The molecule has 0 spiro atoms. The topological polar surface area (TPSA) is 58.2 Å². The van der Waals surface area contributed by atoms with Gasteiger partial charge in [0.2, 0.25) is 10.0 Å². The smallest absolute Gasteiger partial charge is 0.216 e. The summed E-state index contributed by atoms with van der Waals surface area (Å²) in [7, 11) is -3.32. The van der Waals surface area contributed by atoms with E-state index in [4.69, 9.17) is 0 Å².